The van der Waals surface area contributed by atoms with E-state index in [1.165, 1.54) is 32.1 Å². The van der Waals surface area contributed by atoms with Gasteiger partial charge < -0.3 is 10.6 Å². The van der Waals surface area contributed by atoms with Crippen molar-refractivity contribution in [1.29, 1.82) is 0 Å². The molecule has 1 aliphatic carbocycles. The minimum atomic E-state index is 0.523. The summed E-state index contributed by atoms with van der Waals surface area (Å²) in [5.41, 5.74) is 2.16. The van der Waals surface area contributed by atoms with Crippen LogP contribution in [0, 0.1) is 5.92 Å². The number of fused-ring (bicyclic) bond motifs is 1. The van der Waals surface area contributed by atoms with E-state index in [1.54, 1.807) is 0 Å². The van der Waals surface area contributed by atoms with Crippen molar-refractivity contribution < 1.29 is 0 Å². The first kappa shape index (κ1) is 12.4. The Hall–Kier alpha value is -0.600. The average Bonchev–Trinajstić information content (AvgIpc) is 2.41. The van der Waals surface area contributed by atoms with Crippen molar-refractivity contribution in [1.82, 2.24) is 0 Å². The van der Waals surface area contributed by atoms with Crippen molar-refractivity contribution in [3.8, 4) is 0 Å². The smallest absolute Gasteiger partial charge is 0.0614 e. The molecule has 0 bridgehead atoms. The summed E-state index contributed by atoms with van der Waals surface area (Å²) in [5, 5.41) is 8.33. The van der Waals surface area contributed by atoms with E-state index in [4.69, 9.17) is 23.2 Å². The van der Waals surface area contributed by atoms with Crippen molar-refractivity contribution in [2.75, 3.05) is 17.2 Å². The van der Waals surface area contributed by atoms with Crippen LogP contribution in [0.1, 0.15) is 32.1 Å². The molecule has 1 fully saturated rings. The van der Waals surface area contributed by atoms with Gasteiger partial charge in [-0.15, -0.1) is 0 Å². The summed E-state index contributed by atoms with van der Waals surface area (Å²) in [4.78, 5) is 0. The summed E-state index contributed by atoms with van der Waals surface area (Å²) in [7, 11) is 0. The monoisotopic (exact) mass is 284 g/mol. The number of benzene rings is 1. The highest BCUT2D eigenvalue weighted by Crippen LogP contribution is 2.37. The molecule has 1 aromatic carbocycles. The number of rotatable bonds is 1. The minimum Gasteiger partial charge on any atom is -0.381 e. The number of hydrogen-bond acceptors (Lipinski definition) is 2. The third kappa shape index (κ3) is 2.41. The Morgan fingerprint density at radius 1 is 0.944 bits per heavy atom. The van der Waals surface area contributed by atoms with Crippen LogP contribution in [0.3, 0.4) is 0 Å². The molecule has 1 saturated carbocycles. The molecule has 1 atom stereocenters. The fourth-order valence-corrected chi connectivity index (χ4v) is 3.43. The highest BCUT2D eigenvalue weighted by atomic mass is 35.5. The Morgan fingerprint density at radius 3 is 2.33 bits per heavy atom. The van der Waals surface area contributed by atoms with Crippen LogP contribution in [-0.4, -0.2) is 12.6 Å². The highest BCUT2D eigenvalue weighted by Gasteiger charge is 2.27. The van der Waals surface area contributed by atoms with Crippen LogP contribution in [-0.2, 0) is 0 Å². The molecule has 0 radical (unpaired) electrons. The summed E-state index contributed by atoms with van der Waals surface area (Å²) in [5.74, 6) is 0.786. The van der Waals surface area contributed by atoms with Crippen molar-refractivity contribution >= 4 is 34.6 Å². The lowest BCUT2D eigenvalue weighted by atomic mass is 9.83. The second-order valence-corrected chi connectivity index (χ2v) is 6.16. The second kappa shape index (κ2) is 5.18. The van der Waals surface area contributed by atoms with Crippen LogP contribution < -0.4 is 10.6 Å². The third-order valence-electron chi connectivity index (χ3n) is 4.13. The number of halogens is 2. The van der Waals surface area contributed by atoms with Gasteiger partial charge in [0.05, 0.1) is 21.4 Å². The van der Waals surface area contributed by atoms with Gasteiger partial charge in [0.2, 0.25) is 0 Å². The lowest BCUT2D eigenvalue weighted by molar-refractivity contribution is 0.322. The predicted octanol–water partition coefficient (Wildman–Crippen LogP) is 4.78. The minimum absolute atomic E-state index is 0.523. The van der Waals surface area contributed by atoms with Crippen LogP contribution >= 0.6 is 23.2 Å². The lowest BCUT2D eigenvalue weighted by Gasteiger charge is -2.36. The zero-order valence-corrected chi connectivity index (χ0v) is 11.8. The zero-order valence-electron chi connectivity index (χ0n) is 10.3. The molecule has 0 spiro atoms. The molecule has 4 heteroatoms. The number of hydrogen-bond donors (Lipinski definition) is 2. The lowest BCUT2D eigenvalue weighted by Crippen LogP contribution is -2.40. The fraction of sp³-hybridized carbons (Fsp3) is 0.571. The van der Waals surface area contributed by atoms with Gasteiger partial charge in [-0.2, -0.15) is 0 Å². The predicted molar refractivity (Wildman–Crippen MR) is 78.9 cm³/mol. The molecule has 0 saturated heterocycles. The van der Waals surface area contributed by atoms with Gasteiger partial charge in [0, 0.05) is 12.6 Å². The first-order valence-corrected chi connectivity index (χ1v) is 7.49. The summed E-state index contributed by atoms with van der Waals surface area (Å²) in [6, 6.07) is 4.36. The molecule has 1 aliphatic heterocycles. The average molecular weight is 285 g/mol. The standard InChI is InChI=1S/C14H18Cl2N2/c15-10-6-12-13(7-11(10)16)18-14(8-17-12)9-4-2-1-3-5-9/h6-7,9,14,17-18H,1-5,8H2. The highest BCUT2D eigenvalue weighted by molar-refractivity contribution is 6.42. The molecule has 1 unspecified atom stereocenters. The van der Waals surface area contributed by atoms with E-state index in [0.29, 0.717) is 16.1 Å². The molecule has 1 aromatic rings. The first-order valence-electron chi connectivity index (χ1n) is 6.73. The van der Waals surface area contributed by atoms with E-state index < -0.39 is 0 Å². The maximum atomic E-state index is 6.08. The molecule has 2 N–H and O–H groups in total. The molecule has 98 valence electrons. The molecule has 1 heterocycles. The van der Waals surface area contributed by atoms with E-state index in [9.17, 15) is 0 Å². The Morgan fingerprint density at radius 2 is 1.61 bits per heavy atom. The van der Waals surface area contributed by atoms with E-state index in [2.05, 4.69) is 10.6 Å². The van der Waals surface area contributed by atoms with Gasteiger partial charge >= 0.3 is 0 Å². The zero-order chi connectivity index (χ0) is 12.5. The van der Waals surface area contributed by atoms with Crippen LogP contribution in [0.5, 0.6) is 0 Å². The second-order valence-electron chi connectivity index (χ2n) is 5.34. The Balaban J connectivity index is 1.77. The molecular formula is C14H18Cl2N2. The SMILES string of the molecule is Clc1cc2c(cc1Cl)NC(C1CCCCC1)CN2. The molecule has 0 aromatic heterocycles. The largest absolute Gasteiger partial charge is 0.381 e. The molecule has 2 nitrogen and oxygen atoms in total. The van der Waals surface area contributed by atoms with Gasteiger partial charge in [0.15, 0.2) is 0 Å². The Bertz CT molecular complexity index is 442. The van der Waals surface area contributed by atoms with Crippen LogP contribution in [0.25, 0.3) is 0 Å². The van der Waals surface area contributed by atoms with Crippen molar-refractivity contribution in [2.45, 2.75) is 38.1 Å². The van der Waals surface area contributed by atoms with Crippen LogP contribution in [0.4, 0.5) is 11.4 Å². The van der Waals surface area contributed by atoms with Crippen molar-refractivity contribution in [3.05, 3.63) is 22.2 Å². The summed E-state index contributed by atoms with van der Waals surface area (Å²) in [6.45, 7) is 0.982. The number of nitrogens with one attached hydrogen (secondary N) is 2. The van der Waals surface area contributed by atoms with E-state index in [-0.39, 0.29) is 0 Å². The summed E-state index contributed by atoms with van der Waals surface area (Å²) >= 11 is 12.1. The molecular weight excluding hydrogens is 267 g/mol. The van der Waals surface area contributed by atoms with E-state index in [0.717, 1.165) is 23.8 Å². The Labute approximate surface area is 118 Å². The fourth-order valence-electron chi connectivity index (χ4n) is 3.10. The quantitative estimate of drug-likeness (QED) is 0.776. The Kier molecular flexibility index (Phi) is 3.58. The van der Waals surface area contributed by atoms with Gasteiger partial charge in [-0.1, -0.05) is 42.5 Å². The van der Waals surface area contributed by atoms with E-state index in [1.807, 2.05) is 12.1 Å². The summed E-state index contributed by atoms with van der Waals surface area (Å²) in [6.07, 6.45) is 6.83. The van der Waals surface area contributed by atoms with Gasteiger partial charge in [-0.05, 0) is 30.9 Å². The van der Waals surface area contributed by atoms with Crippen LogP contribution in [0.2, 0.25) is 10.0 Å². The molecule has 18 heavy (non-hydrogen) atoms. The van der Waals surface area contributed by atoms with E-state index >= 15 is 0 Å². The maximum absolute atomic E-state index is 6.08. The van der Waals surface area contributed by atoms with Gasteiger partial charge in [0.1, 0.15) is 0 Å². The third-order valence-corrected chi connectivity index (χ3v) is 4.85. The first-order chi connectivity index (χ1) is 8.74. The van der Waals surface area contributed by atoms with Gasteiger partial charge in [-0.25, -0.2) is 0 Å². The summed E-state index contributed by atoms with van der Waals surface area (Å²) < 4.78 is 0. The topological polar surface area (TPSA) is 24.1 Å². The van der Waals surface area contributed by atoms with Crippen molar-refractivity contribution in [2.24, 2.45) is 5.92 Å². The van der Waals surface area contributed by atoms with Gasteiger partial charge in [0.25, 0.3) is 0 Å². The molecule has 2 aliphatic rings. The normalized spacial score (nSPS) is 24.0. The molecule has 3 rings (SSSR count). The number of anilines is 2. The molecule has 0 amide bonds. The maximum Gasteiger partial charge on any atom is 0.0614 e. The van der Waals surface area contributed by atoms with Gasteiger partial charge in [-0.3, -0.25) is 0 Å². The van der Waals surface area contributed by atoms with Crippen molar-refractivity contribution in [3.63, 3.8) is 0 Å². The van der Waals surface area contributed by atoms with Crippen LogP contribution in [0.15, 0.2) is 12.1 Å².